The van der Waals surface area contributed by atoms with Gasteiger partial charge in [0.25, 0.3) is 0 Å². The summed E-state index contributed by atoms with van der Waals surface area (Å²) in [5, 5.41) is 3.64. The van der Waals surface area contributed by atoms with Crippen molar-refractivity contribution in [2.75, 3.05) is 0 Å². The first-order valence-electron chi connectivity index (χ1n) is 4.20. The Bertz CT molecular complexity index is 265. The van der Waals surface area contributed by atoms with E-state index in [2.05, 4.69) is 12.1 Å². The summed E-state index contributed by atoms with van der Waals surface area (Å²) in [5.74, 6) is 0.767. The standard InChI is InChI=1S/C9H13NO2/c1-3-4-5-8-6-9(7(2)11)10-12-8/h6H,3-5H2,1-2H3. The highest BCUT2D eigenvalue weighted by Crippen LogP contribution is 2.07. The first-order chi connectivity index (χ1) is 5.74. The Kier molecular flexibility index (Phi) is 3.02. The summed E-state index contributed by atoms with van der Waals surface area (Å²) in [6.45, 7) is 3.60. The van der Waals surface area contributed by atoms with Crippen LogP contribution in [0.2, 0.25) is 0 Å². The van der Waals surface area contributed by atoms with Gasteiger partial charge in [-0.25, -0.2) is 0 Å². The zero-order chi connectivity index (χ0) is 8.97. The monoisotopic (exact) mass is 167 g/mol. The van der Waals surface area contributed by atoms with Gasteiger partial charge in [0.1, 0.15) is 11.5 Å². The fraction of sp³-hybridized carbons (Fsp3) is 0.556. The van der Waals surface area contributed by atoms with Gasteiger partial charge in [0, 0.05) is 19.4 Å². The zero-order valence-corrected chi connectivity index (χ0v) is 7.46. The van der Waals surface area contributed by atoms with E-state index in [-0.39, 0.29) is 5.78 Å². The van der Waals surface area contributed by atoms with Crippen molar-refractivity contribution in [3.8, 4) is 0 Å². The van der Waals surface area contributed by atoms with Crippen LogP contribution >= 0.6 is 0 Å². The van der Waals surface area contributed by atoms with Crippen LogP contribution in [0.15, 0.2) is 10.6 Å². The highest BCUT2D eigenvalue weighted by atomic mass is 16.5. The molecule has 1 rings (SSSR count). The molecule has 3 nitrogen and oxygen atoms in total. The first-order valence-corrected chi connectivity index (χ1v) is 4.20. The van der Waals surface area contributed by atoms with Gasteiger partial charge in [0.2, 0.25) is 0 Å². The third kappa shape index (κ3) is 2.19. The largest absolute Gasteiger partial charge is 0.361 e. The van der Waals surface area contributed by atoms with Crippen molar-refractivity contribution in [1.29, 1.82) is 0 Å². The molecule has 0 spiro atoms. The lowest BCUT2D eigenvalue weighted by atomic mass is 10.2. The van der Waals surface area contributed by atoms with E-state index >= 15 is 0 Å². The summed E-state index contributed by atoms with van der Waals surface area (Å²) in [6.07, 6.45) is 3.07. The van der Waals surface area contributed by atoms with Gasteiger partial charge in [-0.3, -0.25) is 4.79 Å². The van der Waals surface area contributed by atoms with Gasteiger partial charge in [-0.1, -0.05) is 18.5 Å². The van der Waals surface area contributed by atoms with Crippen LogP contribution in [-0.2, 0) is 6.42 Å². The van der Waals surface area contributed by atoms with Gasteiger partial charge >= 0.3 is 0 Å². The number of aromatic nitrogens is 1. The van der Waals surface area contributed by atoms with Gasteiger partial charge in [-0.2, -0.15) is 0 Å². The number of nitrogens with zero attached hydrogens (tertiary/aromatic N) is 1. The zero-order valence-electron chi connectivity index (χ0n) is 7.46. The highest BCUT2D eigenvalue weighted by molar-refractivity contribution is 5.91. The van der Waals surface area contributed by atoms with Gasteiger partial charge in [0.15, 0.2) is 5.78 Å². The highest BCUT2D eigenvalue weighted by Gasteiger charge is 2.06. The minimum atomic E-state index is -0.0403. The number of unbranched alkanes of at least 4 members (excludes halogenated alkanes) is 1. The summed E-state index contributed by atoms with van der Waals surface area (Å²) in [4.78, 5) is 10.8. The molecule has 0 aliphatic rings. The lowest BCUT2D eigenvalue weighted by molar-refractivity contribution is 0.100. The second-order valence-corrected chi connectivity index (χ2v) is 2.84. The summed E-state index contributed by atoms with van der Waals surface area (Å²) < 4.78 is 4.96. The van der Waals surface area contributed by atoms with E-state index in [1.54, 1.807) is 6.07 Å². The lowest BCUT2D eigenvalue weighted by Gasteiger charge is -1.88. The molecule has 0 unspecified atom stereocenters. The van der Waals surface area contributed by atoms with E-state index in [0.29, 0.717) is 5.69 Å². The van der Waals surface area contributed by atoms with Crippen molar-refractivity contribution >= 4 is 5.78 Å². The molecule has 1 aromatic rings. The Morgan fingerprint density at radius 3 is 2.92 bits per heavy atom. The minimum absolute atomic E-state index is 0.0403. The lowest BCUT2D eigenvalue weighted by Crippen LogP contribution is -1.89. The Hall–Kier alpha value is -1.12. The number of hydrogen-bond donors (Lipinski definition) is 0. The van der Waals surface area contributed by atoms with Gasteiger partial charge in [0.05, 0.1) is 0 Å². The number of hydrogen-bond acceptors (Lipinski definition) is 3. The maximum absolute atomic E-state index is 10.8. The van der Waals surface area contributed by atoms with Crippen LogP contribution in [0.3, 0.4) is 0 Å². The molecule has 0 radical (unpaired) electrons. The minimum Gasteiger partial charge on any atom is -0.361 e. The molecule has 0 saturated carbocycles. The summed E-state index contributed by atoms with van der Waals surface area (Å²) in [5.41, 5.74) is 0.432. The van der Waals surface area contributed by atoms with Crippen LogP contribution in [0.4, 0.5) is 0 Å². The van der Waals surface area contributed by atoms with Crippen molar-refractivity contribution < 1.29 is 9.32 Å². The first kappa shape index (κ1) is 8.97. The molecule has 0 amide bonds. The van der Waals surface area contributed by atoms with Crippen LogP contribution in [0.5, 0.6) is 0 Å². The van der Waals surface area contributed by atoms with E-state index in [1.807, 2.05) is 0 Å². The van der Waals surface area contributed by atoms with E-state index in [4.69, 9.17) is 4.52 Å². The van der Waals surface area contributed by atoms with Gasteiger partial charge in [-0.05, 0) is 6.42 Å². The van der Waals surface area contributed by atoms with E-state index in [9.17, 15) is 4.79 Å². The molecule has 1 aromatic heterocycles. The van der Waals surface area contributed by atoms with Crippen LogP contribution in [0.1, 0.15) is 42.9 Å². The molecular weight excluding hydrogens is 154 g/mol. The van der Waals surface area contributed by atoms with E-state index in [1.165, 1.54) is 6.92 Å². The molecule has 0 aliphatic heterocycles. The third-order valence-corrected chi connectivity index (χ3v) is 1.70. The molecule has 0 bridgehead atoms. The summed E-state index contributed by atoms with van der Waals surface area (Å²) in [7, 11) is 0. The number of carbonyl (C=O) groups excluding carboxylic acids is 1. The Morgan fingerprint density at radius 2 is 2.42 bits per heavy atom. The van der Waals surface area contributed by atoms with Crippen LogP contribution in [-0.4, -0.2) is 10.9 Å². The van der Waals surface area contributed by atoms with Crippen molar-refractivity contribution in [2.24, 2.45) is 0 Å². The fourth-order valence-electron chi connectivity index (χ4n) is 0.948. The van der Waals surface area contributed by atoms with Crippen molar-refractivity contribution in [3.05, 3.63) is 17.5 Å². The quantitative estimate of drug-likeness (QED) is 0.646. The Balaban J connectivity index is 2.58. The Labute approximate surface area is 71.7 Å². The second-order valence-electron chi connectivity index (χ2n) is 2.84. The molecule has 0 atom stereocenters. The number of ketones is 1. The predicted octanol–water partition coefficient (Wildman–Crippen LogP) is 2.22. The average Bonchev–Trinajstić information content (AvgIpc) is 2.48. The van der Waals surface area contributed by atoms with Crippen molar-refractivity contribution in [2.45, 2.75) is 33.1 Å². The maximum atomic E-state index is 10.8. The molecule has 0 aliphatic carbocycles. The molecule has 1 heterocycles. The van der Waals surface area contributed by atoms with E-state index in [0.717, 1.165) is 25.0 Å². The fourth-order valence-corrected chi connectivity index (χ4v) is 0.948. The molecule has 66 valence electrons. The van der Waals surface area contributed by atoms with E-state index < -0.39 is 0 Å². The van der Waals surface area contributed by atoms with Crippen molar-refractivity contribution in [3.63, 3.8) is 0 Å². The average molecular weight is 167 g/mol. The number of rotatable bonds is 4. The molecule has 0 aromatic carbocycles. The normalized spacial score (nSPS) is 10.2. The van der Waals surface area contributed by atoms with Crippen LogP contribution in [0.25, 0.3) is 0 Å². The molecule has 12 heavy (non-hydrogen) atoms. The molecule has 0 fully saturated rings. The number of carbonyl (C=O) groups is 1. The third-order valence-electron chi connectivity index (χ3n) is 1.70. The van der Waals surface area contributed by atoms with Gasteiger partial charge in [-0.15, -0.1) is 0 Å². The SMILES string of the molecule is CCCCc1cc(C(C)=O)no1. The predicted molar refractivity (Wildman–Crippen MR) is 45.1 cm³/mol. The molecule has 0 saturated heterocycles. The van der Waals surface area contributed by atoms with Crippen LogP contribution in [0, 0.1) is 0 Å². The molecule has 3 heteroatoms. The Morgan fingerprint density at radius 1 is 1.67 bits per heavy atom. The second kappa shape index (κ2) is 4.04. The van der Waals surface area contributed by atoms with Crippen molar-refractivity contribution in [1.82, 2.24) is 5.16 Å². The van der Waals surface area contributed by atoms with Gasteiger partial charge < -0.3 is 4.52 Å². The van der Waals surface area contributed by atoms with Crippen LogP contribution < -0.4 is 0 Å². The maximum Gasteiger partial charge on any atom is 0.181 e. The topological polar surface area (TPSA) is 43.1 Å². The number of aryl methyl sites for hydroxylation is 1. The molecular formula is C9H13NO2. The summed E-state index contributed by atoms with van der Waals surface area (Å²) >= 11 is 0. The smallest absolute Gasteiger partial charge is 0.181 e. The summed E-state index contributed by atoms with van der Waals surface area (Å²) in [6, 6.07) is 1.72. The molecule has 0 N–H and O–H groups in total. The number of Topliss-reactive ketones (excluding diaryl/α,β-unsaturated/α-hetero) is 1.